The van der Waals surface area contributed by atoms with E-state index in [2.05, 4.69) is 45.9 Å². The number of anilines is 1. The Kier molecular flexibility index (Phi) is 6.63. The monoisotopic (exact) mass is 415 g/mol. The number of benzene rings is 3. The van der Waals surface area contributed by atoms with Crippen molar-refractivity contribution in [2.45, 2.75) is 25.8 Å². The molecule has 0 saturated carbocycles. The van der Waals surface area contributed by atoms with Crippen molar-refractivity contribution in [1.29, 1.82) is 0 Å². The fraction of sp³-hybridized carbons (Fsp3) is 0.308. The first kappa shape index (κ1) is 21.1. The molecule has 1 heterocycles. The number of rotatable bonds is 6. The third-order valence-electron chi connectivity index (χ3n) is 5.94. The van der Waals surface area contributed by atoms with E-state index >= 15 is 0 Å². The highest BCUT2D eigenvalue weighted by Gasteiger charge is 2.27. The average Bonchev–Trinajstić information content (AvgIpc) is 2.79. The summed E-state index contributed by atoms with van der Waals surface area (Å²) in [5.74, 6) is -0.0784. The molecule has 0 spiro atoms. The summed E-state index contributed by atoms with van der Waals surface area (Å²) in [5.41, 5.74) is 1.90. The topological polar surface area (TPSA) is 61.4 Å². The Morgan fingerprint density at radius 1 is 1.00 bits per heavy atom. The minimum absolute atomic E-state index is 0.00947. The zero-order valence-electron chi connectivity index (χ0n) is 17.9. The number of amides is 2. The van der Waals surface area contributed by atoms with E-state index in [1.54, 1.807) is 0 Å². The molecule has 1 fully saturated rings. The van der Waals surface area contributed by atoms with E-state index in [-0.39, 0.29) is 23.8 Å². The maximum Gasteiger partial charge on any atom is 0.234 e. The van der Waals surface area contributed by atoms with Gasteiger partial charge in [-0.1, -0.05) is 54.6 Å². The van der Waals surface area contributed by atoms with Crippen molar-refractivity contribution < 1.29 is 9.59 Å². The summed E-state index contributed by atoms with van der Waals surface area (Å²) in [7, 11) is 0. The van der Waals surface area contributed by atoms with Crippen molar-refractivity contribution in [3.8, 4) is 0 Å². The molecule has 2 N–H and O–H groups in total. The van der Waals surface area contributed by atoms with Crippen LogP contribution in [0.15, 0.2) is 72.8 Å². The maximum absolute atomic E-state index is 12.7. The van der Waals surface area contributed by atoms with Crippen LogP contribution in [0.3, 0.4) is 0 Å². The van der Waals surface area contributed by atoms with Crippen LogP contribution in [-0.2, 0) is 9.59 Å². The van der Waals surface area contributed by atoms with Crippen LogP contribution in [-0.4, -0.2) is 36.3 Å². The van der Waals surface area contributed by atoms with E-state index in [1.807, 2.05) is 49.4 Å². The van der Waals surface area contributed by atoms with Crippen LogP contribution in [0.25, 0.3) is 10.8 Å². The molecule has 2 amide bonds. The molecule has 160 valence electrons. The summed E-state index contributed by atoms with van der Waals surface area (Å²) >= 11 is 0. The third-order valence-corrected chi connectivity index (χ3v) is 5.94. The van der Waals surface area contributed by atoms with Crippen molar-refractivity contribution >= 4 is 28.3 Å². The standard InChI is InChI=1S/C26H29N3O2/c1-19(21-14-13-20-8-5-6-9-22(20)16-21)27-25(30)18-29-15-7-10-23(17-29)26(31)28-24-11-3-2-4-12-24/h2-6,8-9,11-14,16,19,23H,7,10,15,17-18H2,1H3,(H,27,30)(H,28,31). The van der Waals surface area contributed by atoms with Crippen LogP contribution in [0.1, 0.15) is 31.4 Å². The van der Waals surface area contributed by atoms with Gasteiger partial charge in [-0.15, -0.1) is 0 Å². The van der Waals surface area contributed by atoms with Gasteiger partial charge in [0.1, 0.15) is 0 Å². The van der Waals surface area contributed by atoms with Gasteiger partial charge in [0.2, 0.25) is 11.8 Å². The first-order chi connectivity index (χ1) is 15.1. The minimum atomic E-state index is -0.0975. The number of carbonyl (C=O) groups is 2. The number of hydrogen-bond donors (Lipinski definition) is 2. The number of likely N-dealkylation sites (tertiary alicyclic amines) is 1. The number of fused-ring (bicyclic) bond motifs is 1. The third kappa shape index (κ3) is 5.50. The van der Waals surface area contributed by atoms with Crippen LogP contribution in [0, 0.1) is 5.92 Å². The van der Waals surface area contributed by atoms with E-state index in [9.17, 15) is 9.59 Å². The highest BCUT2D eigenvalue weighted by atomic mass is 16.2. The highest BCUT2D eigenvalue weighted by molar-refractivity contribution is 5.92. The van der Waals surface area contributed by atoms with Crippen LogP contribution >= 0.6 is 0 Å². The highest BCUT2D eigenvalue weighted by Crippen LogP contribution is 2.21. The largest absolute Gasteiger partial charge is 0.348 e. The second-order valence-corrected chi connectivity index (χ2v) is 8.33. The van der Waals surface area contributed by atoms with Gasteiger partial charge in [0, 0.05) is 12.2 Å². The van der Waals surface area contributed by atoms with E-state index in [4.69, 9.17) is 0 Å². The van der Waals surface area contributed by atoms with Gasteiger partial charge >= 0.3 is 0 Å². The molecule has 1 aliphatic heterocycles. The summed E-state index contributed by atoms with van der Waals surface area (Å²) < 4.78 is 0. The quantitative estimate of drug-likeness (QED) is 0.629. The predicted octanol–water partition coefficient (Wildman–Crippen LogP) is 4.37. The second-order valence-electron chi connectivity index (χ2n) is 8.33. The zero-order valence-corrected chi connectivity index (χ0v) is 17.9. The first-order valence-corrected chi connectivity index (χ1v) is 10.9. The van der Waals surface area contributed by atoms with Gasteiger partial charge in [0.25, 0.3) is 0 Å². The molecule has 31 heavy (non-hydrogen) atoms. The van der Waals surface area contributed by atoms with Gasteiger partial charge in [0.15, 0.2) is 0 Å². The van der Waals surface area contributed by atoms with Gasteiger partial charge in [-0.25, -0.2) is 0 Å². The van der Waals surface area contributed by atoms with Crippen molar-refractivity contribution in [2.24, 2.45) is 5.92 Å². The Morgan fingerprint density at radius 2 is 1.74 bits per heavy atom. The van der Waals surface area contributed by atoms with Crippen LogP contribution in [0.2, 0.25) is 0 Å². The summed E-state index contributed by atoms with van der Waals surface area (Å²) in [6, 6.07) is 24.0. The number of hydrogen-bond acceptors (Lipinski definition) is 3. The van der Waals surface area contributed by atoms with E-state index in [1.165, 1.54) is 10.8 Å². The summed E-state index contributed by atoms with van der Waals surface area (Å²) in [6.45, 7) is 3.77. The fourth-order valence-electron chi connectivity index (χ4n) is 4.23. The number of nitrogens with zero attached hydrogens (tertiary/aromatic N) is 1. The molecular formula is C26H29N3O2. The summed E-state index contributed by atoms with van der Waals surface area (Å²) in [5, 5.41) is 8.46. The molecule has 0 aromatic heterocycles. The molecule has 5 heteroatoms. The van der Waals surface area contributed by atoms with Gasteiger partial charge < -0.3 is 10.6 Å². The first-order valence-electron chi connectivity index (χ1n) is 10.9. The molecule has 1 aliphatic rings. The molecule has 3 aromatic rings. The van der Waals surface area contributed by atoms with Crippen molar-refractivity contribution in [3.05, 3.63) is 78.4 Å². The normalized spacial score (nSPS) is 17.8. The summed E-state index contributed by atoms with van der Waals surface area (Å²) in [4.78, 5) is 27.4. The van der Waals surface area contributed by atoms with Crippen LogP contribution < -0.4 is 10.6 Å². The Hall–Kier alpha value is -3.18. The molecular weight excluding hydrogens is 386 g/mol. The average molecular weight is 416 g/mol. The molecule has 3 aromatic carbocycles. The minimum Gasteiger partial charge on any atom is -0.348 e. The number of piperidine rings is 1. The predicted molar refractivity (Wildman–Crippen MR) is 125 cm³/mol. The van der Waals surface area contributed by atoms with Gasteiger partial charge in [-0.3, -0.25) is 14.5 Å². The Morgan fingerprint density at radius 3 is 2.55 bits per heavy atom. The number of para-hydroxylation sites is 1. The van der Waals surface area contributed by atoms with Gasteiger partial charge in [-0.05, 0) is 60.8 Å². The lowest BCUT2D eigenvalue weighted by atomic mass is 9.97. The number of nitrogens with one attached hydrogen (secondary N) is 2. The molecule has 4 rings (SSSR count). The van der Waals surface area contributed by atoms with Gasteiger partial charge in [0.05, 0.1) is 18.5 Å². The molecule has 2 unspecified atom stereocenters. The smallest absolute Gasteiger partial charge is 0.234 e. The van der Waals surface area contributed by atoms with Crippen LogP contribution in [0.4, 0.5) is 5.69 Å². The SMILES string of the molecule is CC(NC(=O)CN1CCCC(C(=O)Nc2ccccc2)C1)c1ccc2ccccc2c1. The lowest BCUT2D eigenvalue weighted by molar-refractivity contribution is -0.126. The molecule has 0 aliphatic carbocycles. The van der Waals surface area contributed by atoms with E-state index < -0.39 is 0 Å². The Labute approximate surface area is 183 Å². The van der Waals surface area contributed by atoms with Crippen LogP contribution in [0.5, 0.6) is 0 Å². The maximum atomic E-state index is 12.7. The number of carbonyl (C=O) groups excluding carboxylic acids is 2. The molecule has 0 bridgehead atoms. The van der Waals surface area contributed by atoms with E-state index in [0.29, 0.717) is 13.1 Å². The van der Waals surface area contributed by atoms with Crippen molar-refractivity contribution in [3.63, 3.8) is 0 Å². The fourth-order valence-corrected chi connectivity index (χ4v) is 4.23. The van der Waals surface area contributed by atoms with Gasteiger partial charge in [-0.2, -0.15) is 0 Å². The van der Waals surface area contributed by atoms with E-state index in [0.717, 1.165) is 30.6 Å². The van der Waals surface area contributed by atoms with Crippen molar-refractivity contribution in [2.75, 3.05) is 25.0 Å². The Balaban J connectivity index is 1.30. The summed E-state index contributed by atoms with van der Waals surface area (Å²) in [6.07, 6.45) is 1.77. The molecule has 0 radical (unpaired) electrons. The molecule has 2 atom stereocenters. The lowest BCUT2D eigenvalue weighted by Crippen LogP contribution is -2.45. The lowest BCUT2D eigenvalue weighted by Gasteiger charge is -2.31. The molecule has 5 nitrogen and oxygen atoms in total. The molecule has 1 saturated heterocycles. The Bertz CT molecular complexity index is 1050. The second kappa shape index (κ2) is 9.75. The zero-order chi connectivity index (χ0) is 21.6. The van der Waals surface area contributed by atoms with Crippen molar-refractivity contribution in [1.82, 2.24) is 10.2 Å².